The Labute approximate surface area is 197 Å². The van der Waals surface area contributed by atoms with Crippen molar-refractivity contribution < 1.29 is 28.6 Å². The third-order valence-corrected chi connectivity index (χ3v) is 5.59. The Bertz CT molecular complexity index is 1020. The first-order chi connectivity index (χ1) is 15.8. The minimum atomic E-state index is -0.370. The molecule has 1 saturated heterocycles. The molecule has 3 amide bonds. The molecule has 0 aliphatic carbocycles. The highest BCUT2D eigenvalue weighted by Gasteiger charge is 2.33. The fourth-order valence-corrected chi connectivity index (χ4v) is 3.67. The van der Waals surface area contributed by atoms with Crippen LogP contribution < -0.4 is 19.1 Å². The van der Waals surface area contributed by atoms with Crippen LogP contribution in [0.5, 0.6) is 17.2 Å². The molecular weight excluding hydrogens is 450 g/mol. The lowest BCUT2D eigenvalue weighted by atomic mass is 10.1. The van der Waals surface area contributed by atoms with Crippen LogP contribution in [0, 0.1) is 0 Å². The van der Waals surface area contributed by atoms with Gasteiger partial charge in [-0.25, -0.2) is 0 Å². The highest BCUT2D eigenvalue weighted by atomic mass is 35.5. The predicted octanol–water partition coefficient (Wildman–Crippen LogP) is 2.66. The lowest BCUT2D eigenvalue weighted by Gasteiger charge is -2.24. The molecule has 0 atom stereocenters. The molecular formula is C23H26ClN3O6. The molecule has 9 nitrogen and oxygen atoms in total. The van der Waals surface area contributed by atoms with Gasteiger partial charge in [-0.05, 0) is 43.3 Å². The molecule has 1 fully saturated rings. The van der Waals surface area contributed by atoms with Crippen LogP contribution in [0.25, 0.3) is 0 Å². The SMILES string of the molecule is CCN(CC(=O)N1CC(=O)N(c2ccc(Cl)cc2)C1)C(=O)c1cc(OC)c(OC)c(OC)c1. The molecule has 2 aromatic rings. The van der Waals surface area contributed by atoms with Gasteiger partial charge in [0.15, 0.2) is 11.5 Å². The van der Waals surface area contributed by atoms with Crippen LogP contribution in [0.1, 0.15) is 17.3 Å². The maximum absolute atomic E-state index is 13.2. The maximum atomic E-state index is 13.2. The second-order valence-corrected chi connectivity index (χ2v) is 7.70. The molecule has 2 aromatic carbocycles. The van der Waals surface area contributed by atoms with Gasteiger partial charge in [-0.3, -0.25) is 19.3 Å². The van der Waals surface area contributed by atoms with E-state index in [4.69, 9.17) is 25.8 Å². The van der Waals surface area contributed by atoms with Crippen molar-refractivity contribution in [3.63, 3.8) is 0 Å². The average molecular weight is 476 g/mol. The first-order valence-electron chi connectivity index (χ1n) is 10.3. The second-order valence-electron chi connectivity index (χ2n) is 7.26. The van der Waals surface area contributed by atoms with Gasteiger partial charge in [-0.2, -0.15) is 0 Å². The molecule has 0 N–H and O–H groups in total. The van der Waals surface area contributed by atoms with Crippen molar-refractivity contribution in [2.24, 2.45) is 0 Å². The van der Waals surface area contributed by atoms with Gasteiger partial charge >= 0.3 is 0 Å². The third-order valence-electron chi connectivity index (χ3n) is 5.34. The summed E-state index contributed by atoms with van der Waals surface area (Å²) in [5.74, 6) is 0.142. The lowest BCUT2D eigenvalue weighted by molar-refractivity contribution is -0.132. The number of carbonyl (C=O) groups is 3. The van der Waals surface area contributed by atoms with E-state index in [0.717, 1.165) is 0 Å². The number of methoxy groups -OCH3 is 3. The van der Waals surface area contributed by atoms with Crippen molar-refractivity contribution in [3.05, 3.63) is 47.0 Å². The van der Waals surface area contributed by atoms with E-state index in [9.17, 15) is 14.4 Å². The van der Waals surface area contributed by atoms with E-state index < -0.39 is 0 Å². The van der Waals surface area contributed by atoms with Crippen LogP contribution in [0.2, 0.25) is 5.02 Å². The Morgan fingerprint density at radius 3 is 2.15 bits per heavy atom. The number of hydrogen-bond acceptors (Lipinski definition) is 6. The predicted molar refractivity (Wildman–Crippen MR) is 123 cm³/mol. The summed E-state index contributed by atoms with van der Waals surface area (Å²) < 4.78 is 15.9. The average Bonchev–Trinajstić information content (AvgIpc) is 3.22. The smallest absolute Gasteiger partial charge is 0.254 e. The first kappa shape index (κ1) is 24.2. The van der Waals surface area contributed by atoms with Gasteiger partial charge in [0, 0.05) is 22.8 Å². The lowest BCUT2D eigenvalue weighted by Crippen LogP contribution is -2.42. The van der Waals surface area contributed by atoms with E-state index in [-0.39, 0.29) is 37.5 Å². The Morgan fingerprint density at radius 2 is 1.64 bits per heavy atom. The number of carbonyl (C=O) groups excluding carboxylic acids is 3. The highest BCUT2D eigenvalue weighted by Crippen LogP contribution is 2.38. The van der Waals surface area contributed by atoms with E-state index in [1.807, 2.05) is 0 Å². The molecule has 0 radical (unpaired) electrons. The van der Waals surface area contributed by atoms with Crippen molar-refractivity contribution in [2.75, 3.05) is 52.5 Å². The highest BCUT2D eigenvalue weighted by molar-refractivity contribution is 6.30. The topological polar surface area (TPSA) is 88.6 Å². The van der Waals surface area contributed by atoms with Crippen LogP contribution in [-0.2, 0) is 9.59 Å². The number of benzene rings is 2. The molecule has 0 saturated carbocycles. The number of likely N-dealkylation sites (N-methyl/N-ethyl adjacent to an activating group) is 1. The Kier molecular flexibility index (Phi) is 7.65. The molecule has 33 heavy (non-hydrogen) atoms. The number of anilines is 1. The van der Waals surface area contributed by atoms with Crippen molar-refractivity contribution in [2.45, 2.75) is 6.92 Å². The van der Waals surface area contributed by atoms with Crippen molar-refractivity contribution in [1.29, 1.82) is 0 Å². The summed E-state index contributed by atoms with van der Waals surface area (Å²) in [6, 6.07) is 9.89. The number of hydrogen-bond donors (Lipinski definition) is 0. The van der Waals surface area contributed by atoms with Crippen molar-refractivity contribution in [1.82, 2.24) is 9.80 Å². The molecule has 0 spiro atoms. The minimum Gasteiger partial charge on any atom is -0.493 e. The van der Waals surface area contributed by atoms with Gasteiger partial charge in [0.1, 0.15) is 19.8 Å². The number of nitrogens with zero attached hydrogens (tertiary/aromatic N) is 3. The molecule has 10 heteroatoms. The van der Waals surface area contributed by atoms with E-state index in [1.165, 1.54) is 36.0 Å². The van der Waals surface area contributed by atoms with Gasteiger partial charge in [-0.1, -0.05) is 11.6 Å². The zero-order valence-electron chi connectivity index (χ0n) is 19.0. The first-order valence-corrected chi connectivity index (χ1v) is 10.6. The van der Waals surface area contributed by atoms with E-state index >= 15 is 0 Å². The summed E-state index contributed by atoms with van der Waals surface area (Å²) in [5, 5.41) is 0.558. The molecule has 0 bridgehead atoms. The molecule has 0 aromatic heterocycles. The minimum absolute atomic E-state index is 0.0581. The monoisotopic (exact) mass is 475 g/mol. The summed E-state index contributed by atoms with van der Waals surface area (Å²) in [7, 11) is 4.40. The molecule has 3 rings (SSSR count). The number of rotatable bonds is 8. The van der Waals surface area contributed by atoms with Crippen LogP contribution in [0.4, 0.5) is 5.69 Å². The second kappa shape index (κ2) is 10.4. The summed E-state index contributed by atoms with van der Waals surface area (Å²) in [6.07, 6.45) is 0. The van der Waals surface area contributed by atoms with Gasteiger partial charge in [-0.15, -0.1) is 0 Å². The fourth-order valence-electron chi connectivity index (χ4n) is 3.54. The molecule has 1 heterocycles. The van der Waals surface area contributed by atoms with E-state index in [0.29, 0.717) is 40.1 Å². The van der Waals surface area contributed by atoms with Crippen molar-refractivity contribution >= 4 is 35.0 Å². The summed E-state index contributed by atoms with van der Waals surface area (Å²) >= 11 is 5.91. The quantitative estimate of drug-likeness (QED) is 0.583. The van der Waals surface area contributed by atoms with Gasteiger partial charge < -0.3 is 24.0 Å². The Morgan fingerprint density at radius 1 is 1.03 bits per heavy atom. The molecule has 1 aliphatic heterocycles. The maximum Gasteiger partial charge on any atom is 0.254 e. The van der Waals surface area contributed by atoms with Gasteiger partial charge in [0.25, 0.3) is 5.91 Å². The number of ether oxygens (including phenoxy) is 3. The molecule has 1 aliphatic rings. The zero-order valence-corrected chi connectivity index (χ0v) is 19.7. The van der Waals surface area contributed by atoms with E-state index in [2.05, 4.69) is 0 Å². The largest absolute Gasteiger partial charge is 0.493 e. The normalized spacial score (nSPS) is 13.2. The number of halogens is 1. The van der Waals surface area contributed by atoms with E-state index in [1.54, 1.807) is 43.3 Å². The summed E-state index contributed by atoms with van der Waals surface area (Å²) in [5.41, 5.74) is 0.944. The number of amides is 3. The Hall–Kier alpha value is -3.46. The standard InChI is InChI=1S/C23H26ClN3O6/c1-5-25(23(30)15-10-18(31-2)22(33-4)19(11-15)32-3)12-20(28)26-13-21(29)27(14-26)17-8-6-16(24)7-9-17/h6-11H,5,12-14H2,1-4H3. The molecule has 0 unspecified atom stereocenters. The fraction of sp³-hybridized carbons (Fsp3) is 0.348. The van der Waals surface area contributed by atoms with Crippen LogP contribution in [0.15, 0.2) is 36.4 Å². The van der Waals surface area contributed by atoms with Gasteiger partial charge in [0.05, 0.1) is 21.3 Å². The Balaban J connectivity index is 1.74. The zero-order chi connectivity index (χ0) is 24.1. The molecule has 176 valence electrons. The third kappa shape index (κ3) is 5.14. The van der Waals surface area contributed by atoms with Gasteiger partial charge in [0.2, 0.25) is 17.6 Å². The summed E-state index contributed by atoms with van der Waals surface area (Å²) in [6.45, 7) is 1.95. The van der Waals surface area contributed by atoms with Crippen LogP contribution >= 0.6 is 11.6 Å². The van der Waals surface area contributed by atoms with Crippen molar-refractivity contribution in [3.8, 4) is 17.2 Å². The van der Waals surface area contributed by atoms with Crippen LogP contribution in [-0.4, -0.2) is 75.2 Å². The van der Waals surface area contributed by atoms with Crippen LogP contribution in [0.3, 0.4) is 0 Å². The summed E-state index contributed by atoms with van der Waals surface area (Å²) in [4.78, 5) is 42.9.